The van der Waals surface area contributed by atoms with Crippen LogP contribution in [0, 0.1) is 0 Å². The van der Waals surface area contributed by atoms with Gasteiger partial charge in [0, 0.05) is 13.0 Å². The summed E-state index contributed by atoms with van der Waals surface area (Å²) in [5.41, 5.74) is 2.93. The molecule has 3 N–H and O–H groups in total. The lowest BCUT2D eigenvalue weighted by molar-refractivity contribution is -0.115. The molecule has 3 aromatic rings. The number of benzene rings is 3. The fourth-order valence-electron chi connectivity index (χ4n) is 3.17. The van der Waals surface area contributed by atoms with Gasteiger partial charge in [0.25, 0.3) is 0 Å². The van der Waals surface area contributed by atoms with E-state index >= 15 is 0 Å². The van der Waals surface area contributed by atoms with Crippen LogP contribution in [0.5, 0.6) is 5.75 Å². The maximum absolute atomic E-state index is 12.4. The number of hydrogen-bond acceptors (Lipinski definition) is 4. The third-order valence-electron chi connectivity index (χ3n) is 4.72. The first-order chi connectivity index (χ1) is 14.8. The van der Waals surface area contributed by atoms with Crippen LogP contribution in [0.1, 0.15) is 23.7 Å². The lowest BCUT2D eigenvalue weighted by Gasteiger charge is -2.21. The van der Waals surface area contributed by atoms with Gasteiger partial charge in [0.05, 0.1) is 12.2 Å². The number of hydrogen-bond donors (Lipinski definition) is 3. The van der Waals surface area contributed by atoms with Crippen molar-refractivity contribution in [1.29, 1.82) is 0 Å². The first-order valence-electron chi connectivity index (χ1n) is 10.3. The van der Waals surface area contributed by atoms with E-state index in [1.807, 2.05) is 79.8 Å². The zero-order valence-corrected chi connectivity index (χ0v) is 17.3. The molecule has 5 nitrogen and oxygen atoms in total. The van der Waals surface area contributed by atoms with Crippen LogP contribution in [-0.4, -0.2) is 26.0 Å². The van der Waals surface area contributed by atoms with Gasteiger partial charge in [-0.1, -0.05) is 72.8 Å². The number of carbonyl (C=O) groups is 1. The Hall–Kier alpha value is -3.15. The summed E-state index contributed by atoms with van der Waals surface area (Å²) in [6.07, 6.45) is 0.717. The van der Waals surface area contributed by atoms with Gasteiger partial charge < -0.3 is 20.7 Å². The summed E-state index contributed by atoms with van der Waals surface area (Å²) in [5.74, 6) is 0.562. The minimum atomic E-state index is -0.104. The van der Waals surface area contributed by atoms with E-state index in [1.54, 1.807) is 0 Å². The smallest absolute Gasteiger partial charge is 0.238 e. The molecular weight excluding hydrogens is 374 g/mol. The highest BCUT2D eigenvalue weighted by atomic mass is 16.5. The quantitative estimate of drug-likeness (QED) is 0.450. The van der Waals surface area contributed by atoms with Gasteiger partial charge >= 0.3 is 0 Å². The van der Waals surface area contributed by atoms with E-state index in [0.717, 1.165) is 24.1 Å². The number of nitrogens with one attached hydrogen (secondary N) is 3. The van der Waals surface area contributed by atoms with Crippen LogP contribution in [-0.2, 0) is 11.3 Å². The molecule has 0 aliphatic heterocycles. The van der Waals surface area contributed by atoms with Gasteiger partial charge in [0.2, 0.25) is 5.91 Å². The second kappa shape index (κ2) is 11.8. The Labute approximate surface area is 178 Å². The van der Waals surface area contributed by atoms with Gasteiger partial charge in [0.15, 0.2) is 0 Å². The van der Waals surface area contributed by atoms with E-state index in [9.17, 15) is 4.79 Å². The fourth-order valence-corrected chi connectivity index (χ4v) is 3.17. The summed E-state index contributed by atoms with van der Waals surface area (Å²) in [6.45, 7) is 1.70. The van der Waals surface area contributed by atoms with Gasteiger partial charge in [-0.2, -0.15) is 0 Å². The highest BCUT2D eigenvalue weighted by molar-refractivity contribution is 5.93. The molecule has 0 saturated carbocycles. The van der Waals surface area contributed by atoms with Crippen LogP contribution in [0.3, 0.4) is 0 Å². The van der Waals surface area contributed by atoms with E-state index in [4.69, 9.17) is 4.74 Å². The molecule has 0 aromatic heterocycles. The predicted octanol–water partition coefficient (Wildman–Crippen LogP) is 4.14. The lowest BCUT2D eigenvalue weighted by atomic mass is 10.1. The summed E-state index contributed by atoms with van der Waals surface area (Å²) in [5, 5.41) is 9.32. The zero-order valence-electron chi connectivity index (χ0n) is 17.3. The van der Waals surface area contributed by atoms with Crippen molar-refractivity contribution in [3.63, 3.8) is 0 Å². The summed E-state index contributed by atoms with van der Waals surface area (Å²) in [4.78, 5) is 12.4. The average molecular weight is 404 g/mol. The number of anilines is 1. The summed E-state index contributed by atoms with van der Waals surface area (Å²) in [7, 11) is 1.93. The van der Waals surface area contributed by atoms with Crippen molar-refractivity contribution in [2.45, 2.75) is 19.1 Å². The van der Waals surface area contributed by atoms with Crippen molar-refractivity contribution in [3.8, 4) is 5.75 Å². The number of carbonyl (C=O) groups excluding carboxylic acids is 1. The molecule has 0 fully saturated rings. The Morgan fingerprint density at radius 3 is 2.30 bits per heavy atom. The molecule has 30 heavy (non-hydrogen) atoms. The Balaban J connectivity index is 1.61. The van der Waals surface area contributed by atoms with Crippen molar-refractivity contribution in [3.05, 3.63) is 96.1 Å². The van der Waals surface area contributed by atoms with Crippen LogP contribution >= 0.6 is 0 Å². The normalized spacial score (nSPS) is 11.6. The Morgan fingerprint density at radius 2 is 1.57 bits per heavy atom. The largest absolute Gasteiger partial charge is 0.484 e. The molecule has 0 heterocycles. The maximum atomic E-state index is 12.4. The summed E-state index contributed by atoms with van der Waals surface area (Å²) >= 11 is 0. The van der Waals surface area contributed by atoms with Crippen molar-refractivity contribution in [2.75, 3.05) is 25.5 Å². The molecule has 0 aliphatic rings. The van der Waals surface area contributed by atoms with Crippen molar-refractivity contribution in [1.82, 2.24) is 10.6 Å². The van der Waals surface area contributed by atoms with Crippen LogP contribution in [0.4, 0.5) is 5.69 Å². The van der Waals surface area contributed by atoms with Gasteiger partial charge in [-0.05, 0) is 36.9 Å². The van der Waals surface area contributed by atoms with E-state index in [0.29, 0.717) is 18.0 Å². The van der Waals surface area contributed by atoms with E-state index in [1.165, 1.54) is 0 Å². The summed E-state index contributed by atoms with van der Waals surface area (Å²) in [6, 6.07) is 27.7. The zero-order chi connectivity index (χ0) is 21.0. The summed E-state index contributed by atoms with van der Waals surface area (Å²) < 4.78 is 6.33. The van der Waals surface area contributed by atoms with Crippen LogP contribution in [0.15, 0.2) is 84.9 Å². The molecule has 156 valence electrons. The minimum Gasteiger partial charge on any atom is -0.484 e. The fraction of sp³-hybridized carbons (Fsp3) is 0.240. The van der Waals surface area contributed by atoms with Crippen molar-refractivity contribution >= 4 is 11.6 Å². The SMILES string of the molecule is CNCCC(Oc1ccccc1NC(=O)CNCc1ccccc1)c1ccccc1. The minimum absolute atomic E-state index is 0.103. The molecule has 3 rings (SSSR count). The molecule has 1 atom stereocenters. The number of amides is 1. The maximum Gasteiger partial charge on any atom is 0.238 e. The van der Waals surface area contributed by atoms with Gasteiger partial charge in [-0.15, -0.1) is 0 Å². The van der Waals surface area contributed by atoms with E-state index in [-0.39, 0.29) is 18.6 Å². The van der Waals surface area contributed by atoms with E-state index in [2.05, 4.69) is 28.1 Å². The highest BCUT2D eigenvalue weighted by Crippen LogP contribution is 2.30. The molecule has 0 aliphatic carbocycles. The van der Waals surface area contributed by atoms with E-state index < -0.39 is 0 Å². The van der Waals surface area contributed by atoms with Gasteiger partial charge in [0.1, 0.15) is 11.9 Å². The molecule has 0 bridgehead atoms. The standard InChI is InChI=1S/C25H29N3O2/c1-26-17-16-23(21-12-6-3-7-13-21)30-24-15-9-8-14-22(24)28-25(29)19-27-18-20-10-4-2-5-11-20/h2-15,23,26-27H,16-19H2,1H3,(H,28,29). The molecule has 0 spiro atoms. The molecule has 1 amide bonds. The molecular formula is C25H29N3O2. The Bertz CT molecular complexity index is 901. The van der Waals surface area contributed by atoms with Crippen LogP contribution < -0.4 is 20.7 Å². The lowest BCUT2D eigenvalue weighted by Crippen LogP contribution is -2.28. The molecule has 0 radical (unpaired) electrons. The molecule has 3 aromatic carbocycles. The van der Waals surface area contributed by atoms with Crippen LogP contribution in [0.2, 0.25) is 0 Å². The number of para-hydroxylation sites is 2. The topological polar surface area (TPSA) is 62.4 Å². The third-order valence-corrected chi connectivity index (χ3v) is 4.72. The van der Waals surface area contributed by atoms with Crippen molar-refractivity contribution < 1.29 is 9.53 Å². The third kappa shape index (κ3) is 6.72. The first-order valence-corrected chi connectivity index (χ1v) is 10.3. The highest BCUT2D eigenvalue weighted by Gasteiger charge is 2.16. The Morgan fingerprint density at radius 1 is 0.900 bits per heavy atom. The Kier molecular flexibility index (Phi) is 8.45. The second-order valence-electron chi connectivity index (χ2n) is 7.04. The number of ether oxygens (including phenoxy) is 1. The second-order valence-corrected chi connectivity index (χ2v) is 7.04. The monoisotopic (exact) mass is 403 g/mol. The molecule has 0 saturated heterocycles. The molecule has 5 heteroatoms. The van der Waals surface area contributed by atoms with Gasteiger partial charge in [-0.3, -0.25) is 4.79 Å². The first kappa shape index (κ1) is 21.6. The van der Waals surface area contributed by atoms with Crippen molar-refractivity contribution in [2.24, 2.45) is 0 Å². The predicted molar refractivity (Wildman–Crippen MR) is 122 cm³/mol. The van der Waals surface area contributed by atoms with Crippen LogP contribution in [0.25, 0.3) is 0 Å². The van der Waals surface area contributed by atoms with Gasteiger partial charge in [-0.25, -0.2) is 0 Å². The molecule has 1 unspecified atom stereocenters. The average Bonchev–Trinajstić information content (AvgIpc) is 2.79. The number of rotatable bonds is 11.